The van der Waals surface area contributed by atoms with Gasteiger partial charge in [0, 0.05) is 12.6 Å². The molecule has 0 aliphatic rings. The highest BCUT2D eigenvalue weighted by Gasteiger charge is 2.14. The molecule has 0 unspecified atom stereocenters. The Morgan fingerprint density at radius 3 is 2.95 bits per heavy atom. The van der Waals surface area contributed by atoms with Crippen molar-refractivity contribution in [2.75, 3.05) is 25.5 Å². The summed E-state index contributed by atoms with van der Waals surface area (Å²) in [5, 5.41) is 6.87. The van der Waals surface area contributed by atoms with E-state index in [9.17, 15) is 4.79 Å². The second-order valence-corrected chi connectivity index (χ2v) is 4.82. The van der Waals surface area contributed by atoms with E-state index in [-0.39, 0.29) is 5.56 Å². The molecule has 7 nitrogen and oxygen atoms in total. The molecule has 0 atom stereocenters. The normalized spacial score (nSPS) is 11.3. The number of rotatable bonds is 5. The topological polar surface area (TPSA) is 98.5 Å². The number of aromatic nitrogens is 4. The molecule has 0 saturated carbocycles. The lowest BCUT2D eigenvalue weighted by Crippen LogP contribution is -2.17. The maximum absolute atomic E-state index is 12.0. The van der Waals surface area contributed by atoms with Crippen molar-refractivity contribution >= 4 is 27.9 Å². The van der Waals surface area contributed by atoms with Crippen LogP contribution < -0.4 is 16.2 Å². The highest BCUT2D eigenvalue weighted by Crippen LogP contribution is 2.25. The summed E-state index contributed by atoms with van der Waals surface area (Å²) in [7, 11) is 1.81. The van der Waals surface area contributed by atoms with Crippen molar-refractivity contribution in [1.29, 1.82) is 0 Å². The zero-order valence-electron chi connectivity index (χ0n) is 12.1. The maximum atomic E-state index is 12.0. The summed E-state index contributed by atoms with van der Waals surface area (Å²) in [6.07, 6.45) is 2.21. The molecule has 2 aromatic heterocycles. The van der Waals surface area contributed by atoms with Gasteiger partial charge in [0.2, 0.25) is 5.95 Å². The van der Waals surface area contributed by atoms with Gasteiger partial charge in [-0.05, 0) is 25.6 Å². The first-order valence-electron chi connectivity index (χ1n) is 7.02. The van der Waals surface area contributed by atoms with Crippen molar-refractivity contribution < 1.29 is 0 Å². The summed E-state index contributed by atoms with van der Waals surface area (Å²) in [4.78, 5) is 26.7. The number of H-pyrrole nitrogens is 2. The van der Waals surface area contributed by atoms with Crippen molar-refractivity contribution in [2.24, 2.45) is 0 Å². The van der Waals surface area contributed by atoms with Gasteiger partial charge in [0.1, 0.15) is 0 Å². The molecule has 0 saturated heterocycles. The van der Waals surface area contributed by atoms with Gasteiger partial charge >= 0.3 is 0 Å². The number of nitrogens with one attached hydrogen (secondary N) is 4. The third kappa shape index (κ3) is 2.36. The number of anilines is 1. The molecule has 21 heavy (non-hydrogen) atoms. The minimum absolute atomic E-state index is 0.132. The summed E-state index contributed by atoms with van der Waals surface area (Å²) in [6.45, 7) is 3.79. The number of imidazole rings is 1. The number of hydrogen-bond acceptors (Lipinski definition) is 5. The first-order valence-corrected chi connectivity index (χ1v) is 7.02. The predicted molar refractivity (Wildman–Crippen MR) is 83.8 cm³/mol. The Balaban J connectivity index is 2.27. The van der Waals surface area contributed by atoms with Crippen LogP contribution in [0.5, 0.6) is 0 Å². The monoisotopic (exact) mass is 286 g/mol. The van der Waals surface area contributed by atoms with Crippen LogP contribution in [0.1, 0.15) is 12.5 Å². The zero-order chi connectivity index (χ0) is 14.8. The summed E-state index contributed by atoms with van der Waals surface area (Å²) in [6, 6.07) is 1.81. The standard InChI is InChI=1S/C14H18N6O/c1-3-16-5-4-8-11-9(13(21)18-7-17-11)6-10-12(8)20-14(15-2)19-10/h6-7,16H,3-5H2,1-2H3,(H2,15,19,20)(H,17,18,21). The van der Waals surface area contributed by atoms with Crippen LogP contribution in [0.2, 0.25) is 0 Å². The molecule has 3 rings (SSSR count). The predicted octanol–water partition coefficient (Wildman–Crippen LogP) is 0.993. The molecule has 7 heteroatoms. The van der Waals surface area contributed by atoms with Crippen LogP contribution in [-0.4, -0.2) is 40.1 Å². The molecule has 4 N–H and O–H groups in total. The number of hydrogen-bond donors (Lipinski definition) is 4. The summed E-state index contributed by atoms with van der Waals surface area (Å²) < 4.78 is 0. The van der Waals surface area contributed by atoms with E-state index in [1.807, 2.05) is 0 Å². The minimum atomic E-state index is -0.132. The van der Waals surface area contributed by atoms with Gasteiger partial charge in [0.25, 0.3) is 5.56 Å². The number of aromatic amines is 2. The molecule has 3 aromatic rings. The van der Waals surface area contributed by atoms with E-state index in [2.05, 4.69) is 37.5 Å². The van der Waals surface area contributed by atoms with E-state index in [1.54, 1.807) is 13.1 Å². The molecule has 0 aliphatic carbocycles. The third-order valence-electron chi connectivity index (χ3n) is 3.52. The highest BCUT2D eigenvalue weighted by molar-refractivity contribution is 5.97. The maximum Gasteiger partial charge on any atom is 0.258 e. The number of nitrogens with zero attached hydrogens (tertiary/aromatic N) is 2. The SMILES string of the molecule is CCNCCc1c2nc(NC)[nH]c2cc2c(=O)[nH]cnc12. The van der Waals surface area contributed by atoms with Gasteiger partial charge in [-0.15, -0.1) is 0 Å². The van der Waals surface area contributed by atoms with Crippen LogP contribution >= 0.6 is 0 Å². The lowest BCUT2D eigenvalue weighted by atomic mass is 10.1. The quantitative estimate of drug-likeness (QED) is 0.524. The fraction of sp³-hybridized carbons (Fsp3) is 0.357. The van der Waals surface area contributed by atoms with E-state index in [0.717, 1.165) is 41.6 Å². The number of fused-ring (bicyclic) bond motifs is 2. The Kier molecular flexibility index (Phi) is 3.57. The lowest BCUT2D eigenvalue weighted by molar-refractivity contribution is 0.719. The molecule has 2 heterocycles. The van der Waals surface area contributed by atoms with Crippen LogP contribution in [0.3, 0.4) is 0 Å². The highest BCUT2D eigenvalue weighted by atomic mass is 16.1. The molecule has 1 aromatic carbocycles. The Morgan fingerprint density at radius 1 is 1.33 bits per heavy atom. The molecular formula is C14H18N6O. The Hall–Kier alpha value is -2.41. The molecule has 0 fully saturated rings. The average Bonchev–Trinajstić information content (AvgIpc) is 2.91. The fourth-order valence-corrected chi connectivity index (χ4v) is 2.51. The molecule has 0 spiro atoms. The van der Waals surface area contributed by atoms with Crippen molar-refractivity contribution in [3.05, 3.63) is 28.3 Å². The third-order valence-corrected chi connectivity index (χ3v) is 3.52. The Bertz CT molecular complexity index is 834. The fourth-order valence-electron chi connectivity index (χ4n) is 2.51. The van der Waals surface area contributed by atoms with E-state index in [1.165, 1.54) is 6.33 Å². The van der Waals surface area contributed by atoms with Crippen LogP contribution in [-0.2, 0) is 6.42 Å². The molecule has 0 amide bonds. The van der Waals surface area contributed by atoms with Gasteiger partial charge in [0.15, 0.2) is 0 Å². The lowest BCUT2D eigenvalue weighted by Gasteiger charge is -2.07. The number of likely N-dealkylation sites (N-methyl/N-ethyl adjacent to an activating group) is 1. The van der Waals surface area contributed by atoms with E-state index in [0.29, 0.717) is 11.3 Å². The van der Waals surface area contributed by atoms with Gasteiger partial charge in [-0.1, -0.05) is 6.92 Å². The second kappa shape index (κ2) is 5.53. The summed E-state index contributed by atoms with van der Waals surface area (Å²) in [5.41, 5.74) is 3.29. The molecule has 0 bridgehead atoms. The van der Waals surface area contributed by atoms with Gasteiger partial charge in [-0.25, -0.2) is 9.97 Å². The first-order chi connectivity index (χ1) is 10.2. The van der Waals surface area contributed by atoms with Crippen LogP contribution in [0.25, 0.3) is 21.9 Å². The summed E-state index contributed by atoms with van der Waals surface area (Å²) >= 11 is 0. The Labute approximate surface area is 121 Å². The number of benzene rings is 1. The van der Waals surface area contributed by atoms with Crippen molar-refractivity contribution in [3.8, 4) is 0 Å². The van der Waals surface area contributed by atoms with E-state index in [4.69, 9.17) is 0 Å². The van der Waals surface area contributed by atoms with Gasteiger partial charge in [-0.3, -0.25) is 4.79 Å². The Morgan fingerprint density at radius 2 is 2.19 bits per heavy atom. The molecule has 0 aliphatic heterocycles. The van der Waals surface area contributed by atoms with Crippen molar-refractivity contribution in [2.45, 2.75) is 13.3 Å². The van der Waals surface area contributed by atoms with Crippen LogP contribution in [0.15, 0.2) is 17.2 Å². The average molecular weight is 286 g/mol. The van der Waals surface area contributed by atoms with Gasteiger partial charge in [-0.2, -0.15) is 0 Å². The van der Waals surface area contributed by atoms with Crippen LogP contribution in [0, 0.1) is 0 Å². The zero-order valence-corrected chi connectivity index (χ0v) is 12.1. The van der Waals surface area contributed by atoms with Crippen molar-refractivity contribution in [3.63, 3.8) is 0 Å². The molecule has 110 valence electrons. The van der Waals surface area contributed by atoms with Crippen LogP contribution in [0.4, 0.5) is 5.95 Å². The second-order valence-electron chi connectivity index (χ2n) is 4.82. The van der Waals surface area contributed by atoms with E-state index < -0.39 is 0 Å². The van der Waals surface area contributed by atoms with E-state index >= 15 is 0 Å². The molecular weight excluding hydrogens is 268 g/mol. The first kappa shape index (κ1) is 13.6. The van der Waals surface area contributed by atoms with Crippen molar-refractivity contribution in [1.82, 2.24) is 25.3 Å². The van der Waals surface area contributed by atoms with Gasteiger partial charge in [0.05, 0.1) is 28.3 Å². The smallest absolute Gasteiger partial charge is 0.258 e. The van der Waals surface area contributed by atoms with Gasteiger partial charge < -0.3 is 20.6 Å². The minimum Gasteiger partial charge on any atom is -0.359 e. The summed E-state index contributed by atoms with van der Waals surface area (Å²) in [5.74, 6) is 0.682. The largest absolute Gasteiger partial charge is 0.359 e. The molecule has 0 radical (unpaired) electrons.